The van der Waals surface area contributed by atoms with Gasteiger partial charge < -0.3 is 10.2 Å². The molecule has 146 valence electrons. The number of benzene rings is 1. The number of sulfone groups is 1. The third kappa shape index (κ3) is 3.60. The zero-order valence-electron chi connectivity index (χ0n) is 13.9. The molecule has 0 radical (unpaired) electrons. The summed E-state index contributed by atoms with van der Waals surface area (Å²) >= 11 is 5.78. The van der Waals surface area contributed by atoms with E-state index >= 15 is 0 Å². The smallest absolute Gasteiger partial charge is 0.244 e. The number of aromatic nitrogens is 1. The molecule has 0 bridgehead atoms. The first-order valence-electron chi connectivity index (χ1n) is 7.84. The molecule has 27 heavy (non-hydrogen) atoms. The Labute approximate surface area is 162 Å². The molecule has 0 aliphatic carbocycles. The molecule has 1 saturated heterocycles. The molecule has 0 unspecified atom stereocenters. The Morgan fingerprint density at radius 3 is 2.37 bits per heavy atom. The van der Waals surface area contributed by atoms with Crippen LogP contribution in [0.1, 0.15) is 0 Å². The van der Waals surface area contributed by atoms with Crippen LogP contribution in [0, 0.1) is 0 Å². The first kappa shape index (κ1) is 20.2. The molecule has 1 fully saturated rings. The molecule has 0 amide bonds. The maximum Gasteiger partial charge on any atom is 0.244 e. The molecular weight excluding hydrogens is 416 g/mol. The zero-order chi connectivity index (χ0) is 19.9. The minimum Gasteiger partial charge on any atom is -0.393 e. The summed E-state index contributed by atoms with van der Waals surface area (Å²) in [6, 6.07) is 8.06. The maximum atomic E-state index is 13.0. The maximum absolute atomic E-state index is 13.0. The van der Waals surface area contributed by atoms with Crippen LogP contribution in [0.4, 0.5) is 0 Å². The van der Waals surface area contributed by atoms with Crippen molar-refractivity contribution in [3.8, 4) is 0 Å². The van der Waals surface area contributed by atoms with Gasteiger partial charge in [-0.1, -0.05) is 11.6 Å². The van der Waals surface area contributed by atoms with Gasteiger partial charge in [0.05, 0.1) is 11.5 Å². The Morgan fingerprint density at radius 1 is 1.15 bits per heavy atom. The van der Waals surface area contributed by atoms with Crippen molar-refractivity contribution in [1.29, 1.82) is 0 Å². The van der Waals surface area contributed by atoms with E-state index in [1.807, 2.05) is 0 Å². The van der Waals surface area contributed by atoms with Crippen molar-refractivity contribution in [2.45, 2.75) is 20.6 Å². The molecule has 11 heteroatoms. The van der Waals surface area contributed by atoms with E-state index in [4.69, 9.17) is 11.6 Å². The summed E-state index contributed by atoms with van der Waals surface area (Å²) in [6.45, 7) is -1.97. The standard InChI is InChI=1S/C16H17ClN2O6S2/c17-12-3-5-13(6-4-12)26(22,23)15-9-19(10-16(15,21)11-20)27(24,25)14-2-1-7-18-8-14/h1-8,15,20-21H,9-11H2/t15-,16+/m0/s1. The molecule has 0 saturated carbocycles. The Morgan fingerprint density at radius 2 is 1.81 bits per heavy atom. The number of nitrogens with zero attached hydrogens (tertiary/aromatic N) is 2. The Bertz CT molecular complexity index is 1030. The zero-order valence-corrected chi connectivity index (χ0v) is 16.3. The highest BCUT2D eigenvalue weighted by molar-refractivity contribution is 7.92. The van der Waals surface area contributed by atoms with Gasteiger partial charge in [0.2, 0.25) is 10.0 Å². The van der Waals surface area contributed by atoms with Crippen LogP contribution >= 0.6 is 11.6 Å². The van der Waals surface area contributed by atoms with Gasteiger partial charge in [-0.05, 0) is 36.4 Å². The molecule has 2 N–H and O–H groups in total. The van der Waals surface area contributed by atoms with Crippen LogP contribution in [0.25, 0.3) is 0 Å². The molecule has 2 aromatic rings. The second-order valence-corrected chi connectivity index (χ2v) is 10.7. The van der Waals surface area contributed by atoms with Crippen LogP contribution in [-0.4, -0.2) is 66.9 Å². The van der Waals surface area contributed by atoms with Gasteiger partial charge in [0, 0.05) is 30.5 Å². The molecule has 3 rings (SSSR count). The second kappa shape index (κ2) is 7.12. The lowest BCUT2D eigenvalue weighted by Crippen LogP contribution is -2.49. The quantitative estimate of drug-likeness (QED) is 0.696. The van der Waals surface area contributed by atoms with Crippen molar-refractivity contribution in [1.82, 2.24) is 9.29 Å². The van der Waals surface area contributed by atoms with Crippen LogP contribution in [0.3, 0.4) is 0 Å². The fraction of sp³-hybridized carbons (Fsp3) is 0.312. The molecule has 0 spiro atoms. The number of aliphatic hydroxyl groups is 2. The highest BCUT2D eigenvalue weighted by Crippen LogP contribution is 2.34. The van der Waals surface area contributed by atoms with E-state index in [9.17, 15) is 27.0 Å². The summed E-state index contributed by atoms with van der Waals surface area (Å²) in [7, 11) is -8.23. The first-order valence-corrected chi connectivity index (χ1v) is 11.2. The number of rotatable bonds is 5. The van der Waals surface area contributed by atoms with Gasteiger partial charge in [-0.3, -0.25) is 4.98 Å². The summed E-state index contributed by atoms with van der Waals surface area (Å²) in [4.78, 5) is 3.50. The van der Waals surface area contributed by atoms with Crippen molar-refractivity contribution in [3.05, 3.63) is 53.8 Å². The van der Waals surface area contributed by atoms with E-state index in [-0.39, 0.29) is 9.79 Å². The van der Waals surface area contributed by atoms with Crippen LogP contribution in [0.2, 0.25) is 5.02 Å². The van der Waals surface area contributed by atoms with E-state index in [2.05, 4.69) is 4.98 Å². The monoisotopic (exact) mass is 432 g/mol. The topological polar surface area (TPSA) is 125 Å². The SMILES string of the molecule is O=S(=O)(c1ccc(Cl)cc1)[C@H]1CN(S(=O)(=O)c2cccnc2)C[C@@]1(O)CO. The fourth-order valence-corrected chi connectivity index (χ4v) is 6.63. The molecule has 2 heterocycles. The lowest BCUT2D eigenvalue weighted by atomic mass is 10.1. The molecule has 1 aromatic heterocycles. The van der Waals surface area contributed by atoms with Gasteiger partial charge in [-0.2, -0.15) is 4.31 Å². The minimum absolute atomic E-state index is 0.121. The van der Waals surface area contributed by atoms with E-state index in [0.717, 1.165) is 10.5 Å². The van der Waals surface area contributed by atoms with Gasteiger partial charge in [-0.25, -0.2) is 16.8 Å². The summed E-state index contributed by atoms with van der Waals surface area (Å²) in [5.41, 5.74) is -2.15. The Balaban J connectivity index is 2.01. The predicted molar refractivity (Wildman–Crippen MR) is 97.5 cm³/mol. The first-order chi connectivity index (χ1) is 12.6. The van der Waals surface area contributed by atoms with Gasteiger partial charge in [0.15, 0.2) is 9.84 Å². The van der Waals surface area contributed by atoms with E-state index in [1.165, 1.54) is 42.6 Å². The normalized spacial score (nSPS) is 24.2. The number of β-amino-alcohol motifs (C(OH)–C–C–N with tert-alkyl or cyclic N) is 1. The molecule has 1 aliphatic heterocycles. The number of hydrogen-bond donors (Lipinski definition) is 2. The number of pyridine rings is 1. The van der Waals surface area contributed by atoms with Crippen LogP contribution < -0.4 is 0 Å². The Kier molecular flexibility index (Phi) is 5.32. The van der Waals surface area contributed by atoms with E-state index in [1.54, 1.807) is 0 Å². The second-order valence-electron chi connectivity index (χ2n) is 6.24. The van der Waals surface area contributed by atoms with Crippen LogP contribution in [-0.2, 0) is 19.9 Å². The van der Waals surface area contributed by atoms with Gasteiger partial charge in [0.25, 0.3) is 0 Å². The highest BCUT2D eigenvalue weighted by Gasteiger charge is 2.55. The molecule has 1 aromatic carbocycles. The lowest BCUT2D eigenvalue weighted by Gasteiger charge is -2.26. The average Bonchev–Trinajstić information content (AvgIpc) is 3.03. The number of aliphatic hydroxyl groups excluding tert-OH is 1. The van der Waals surface area contributed by atoms with Crippen LogP contribution in [0.15, 0.2) is 58.6 Å². The third-order valence-corrected chi connectivity index (χ3v) is 8.80. The summed E-state index contributed by atoms with van der Waals surface area (Å²) in [6.07, 6.45) is 2.54. The summed E-state index contributed by atoms with van der Waals surface area (Å²) < 4.78 is 52.4. The van der Waals surface area contributed by atoms with Crippen LogP contribution in [0.5, 0.6) is 0 Å². The molecule has 2 atom stereocenters. The molecule has 8 nitrogen and oxygen atoms in total. The highest BCUT2D eigenvalue weighted by atomic mass is 35.5. The number of sulfonamides is 1. The van der Waals surface area contributed by atoms with Gasteiger partial charge >= 0.3 is 0 Å². The summed E-state index contributed by atoms with van der Waals surface area (Å²) in [5, 5.41) is 19.1. The van der Waals surface area contributed by atoms with Crippen molar-refractivity contribution >= 4 is 31.5 Å². The third-order valence-electron chi connectivity index (χ3n) is 4.48. The van der Waals surface area contributed by atoms with Crippen molar-refractivity contribution in [2.24, 2.45) is 0 Å². The van der Waals surface area contributed by atoms with Crippen molar-refractivity contribution in [3.63, 3.8) is 0 Å². The minimum atomic E-state index is -4.14. The van der Waals surface area contributed by atoms with Crippen molar-refractivity contribution < 1.29 is 27.0 Å². The summed E-state index contributed by atoms with van der Waals surface area (Å²) in [5.74, 6) is 0. The predicted octanol–water partition coefficient (Wildman–Crippen LogP) is 0.305. The van der Waals surface area contributed by atoms with E-state index in [0.29, 0.717) is 5.02 Å². The Hall–Kier alpha value is -1.56. The van der Waals surface area contributed by atoms with Crippen molar-refractivity contribution in [2.75, 3.05) is 19.7 Å². The number of halogens is 1. The largest absolute Gasteiger partial charge is 0.393 e. The molecule has 1 aliphatic rings. The van der Waals surface area contributed by atoms with E-state index < -0.39 is 50.4 Å². The average molecular weight is 433 g/mol. The van der Waals surface area contributed by atoms with Gasteiger partial charge in [0.1, 0.15) is 15.7 Å². The molecular formula is C16H17ClN2O6S2. The lowest BCUT2D eigenvalue weighted by molar-refractivity contribution is 0.00160. The van der Waals surface area contributed by atoms with Gasteiger partial charge in [-0.15, -0.1) is 0 Å². The number of hydrogen-bond acceptors (Lipinski definition) is 7. The fourth-order valence-electron chi connectivity index (χ4n) is 2.99.